The molecule has 0 unspecified atom stereocenters. The second-order valence-corrected chi connectivity index (χ2v) is 6.62. The maximum atomic E-state index is 12.9. The molecule has 2 heterocycles. The van der Waals surface area contributed by atoms with Gasteiger partial charge in [0.1, 0.15) is 17.4 Å². The van der Waals surface area contributed by atoms with E-state index in [1.165, 1.54) is 0 Å². The zero-order valence-corrected chi connectivity index (χ0v) is 14.9. The van der Waals surface area contributed by atoms with Crippen LogP contribution in [0.15, 0.2) is 24.0 Å². The molecule has 0 aromatic heterocycles. The highest BCUT2D eigenvalue weighted by atomic mass is 16.7. The third-order valence-electron chi connectivity index (χ3n) is 5.02. The van der Waals surface area contributed by atoms with Gasteiger partial charge < -0.3 is 14.9 Å². The Morgan fingerprint density at radius 3 is 2.68 bits per heavy atom. The van der Waals surface area contributed by atoms with Crippen molar-refractivity contribution in [3.05, 3.63) is 40.6 Å². The Morgan fingerprint density at radius 2 is 2.04 bits per heavy atom. The summed E-state index contributed by atoms with van der Waals surface area (Å²) in [5, 5.41) is 14.0. The predicted molar refractivity (Wildman–Crippen MR) is 93.1 cm³/mol. The number of benzene rings is 1. The Hall–Kier alpha value is -2.36. The molecule has 1 fully saturated rings. The fourth-order valence-corrected chi connectivity index (χ4v) is 3.65. The molecule has 2 aliphatic heterocycles. The summed E-state index contributed by atoms with van der Waals surface area (Å²) in [5.41, 5.74) is 2.96. The number of ether oxygens (including phenoxy) is 1. The highest BCUT2D eigenvalue weighted by Crippen LogP contribution is 2.41. The van der Waals surface area contributed by atoms with Gasteiger partial charge in [0.15, 0.2) is 6.61 Å². The van der Waals surface area contributed by atoms with Crippen molar-refractivity contribution in [1.82, 2.24) is 10.4 Å². The first-order valence-electron chi connectivity index (χ1n) is 8.44. The van der Waals surface area contributed by atoms with Gasteiger partial charge in [0.25, 0.3) is 5.91 Å². The van der Waals surface area contributed by atoms with Gasteiger partial charge in [0.05, 0.1) is 12.7 Å². The van der Waals surface area contributed by atoms with Crippen molar-refractivity contribution < 1.29 is 14.4 Å². The van der Waals surface area contributed by atoms with Gasteiger partial charge in [0, 0.05) is 13.1 Å². The van der Waals surface area contributed by atoms with E-state index in [0.717, 1.165) is 16.7 Å². The normalized spacial score (nSPS) is 19.8. The van der Waals surface area contributed by atoms with Crippen LogP contribution in [0.4, 0.5) is 0 Å². The Bertz CT molecular complexity index is 756. The van der Waals surface area contributed by atoms with Gasteiger partial charge in [-0.05, 0) is 37.8 Å². The average Bonchev–Trinajstić information content (AvgIpc) is 2.87. The number of hydrogen-bond acceptors (Lipinski definition) is 5. The van der Waals surface area contributed by atoms with Crippen LogP contribution in [0.2, 0.25) is 0 Å². The Morgan fingerprint density at radius 1 is 1.32 bits per heavy atom. The maximum Gasteiger partial charge on any atom is 0.256 e. The standard InChI is InChI=1S/C19H23N3O3/c1-13-4-5-14(2)15(12-13)16-17(25-11-8-20)19(21-18(16)23)6-9-22(24-3)10-7-19/h4-5,12H,6-7,9-11H2,1-3H3,(H,21,23). The van der Waals surface area contributed by atoms with Gasteiger partial charge in [-0.25, -0.2) is 0 Å². The van der Waals surface area contributed by atoms with Crippen LogP contribution in [-0.4, -0.2) is 43.3 Å². The molecule has 1 N–H and O–H groups in total. The summed E-state index contributed by atoms with van der Waals surface area (Å²) in [6, 6.07) is 8.05. The summed E-state index contributed by atoms with van der Waals surface area (Å²) in [4.78, 5) is 18.2. The topological polar surface area (TPSA) is 74.6 Å². The van der Waals surface area contributed by atoms with E-state index < -0.39 is 5.54 Å². The lowest BCUT2D eigenvalue weighted by molar-refractivity contribution is -0.152. The molecule has 0 saturated carbocycles. The van der Waals surface area contributed by atoms with Gasteiger partial charge in [-0.1, -0.05) is 23.8 Å². The van der Waals surface area contributed by atoms with Crippen LogP contribution in [-0.2, 0) is 14.4 Å². The largest absolute Gasteiger partial charge is 0.480 e. The lowest BCUT2D eigenvalue weighted by atomic mass is 9.85. The van der Waals surface area contributed by atoms with Gasteiger partial charge in [-0.2, -0.15) is 10.3 Å². The summed E-state index contributed by atoms with van der Waals surface area (Å²) in [5.74, 6) is 0.469. The van der Waals surface area contributed by atoms with Crippen LogP contribution < -0.4 is 5.32 Å². The number of nitrogens with one attached hydrogen (secondary N) is 1. The lowest BCUT2D eigenvalue weighted by Crippen LogP contribution is -2.53. The van der Waals surface area contributed by atoms with E-state index in [2.05, 4.69) is 5.32 Å². The van der Waals surface area contributed by atoms with Crippen LogP contribution in [0.25, 0.3) is 5.57 Å². The molecule has 1 saturated heterocycles. The molecule has 2 aliphatic rings. The highest BCUT2D eigenvalue weighted by Gasteiger charge is 2.49. The molecule has 0 radical (unpaired) electrons. The Balaban J connectivity index is 2.08. The predicted octanol–water partition coefficient (Wildman–Crippen LogP) is 2.08. The third kappa shape index (κ3) is 3.13. The van der Waals surface area contributed by atoms with E-state index >= 15 is 0 Å². The van der Waals surface area contributed by atoms with E-state index in [1.54, 1.807) is 7.11 Å². The SMILES string of the molecule is CON1CCC2(CC1)NC(=O)C(c1cc(C)ccc1C)=C2OCC#N. The molecule has 0 aliphatic carbocycles. The van der Waals surface area contributed by atoms with E-state index in [9.17, 15) is 4.79 Å². The summed E-state index contributed by atoms with van der Waals surface area (Å²) in [6.07, 6.45) is 1.36. The molecular weight excluding hydrogens is 318 g/mol. The van der Waals surface area contributed by atoms with E-state index in [-0.39, 0.29) is 12.5 Å². The number of nitriles is 1. The molecule has 1 aromatic rings. The number of aryl methyl sites for hydroxylation is 2. The van der Waals surface area contributed by atoms with Crippen molar-refractivity contribution in [3.8, 4) is 6.07 Å². The molecule has 6 nitrogen and oxygen atoms in total. The number of hydrogen-bond donors (Lipinski definition) is 1. The fourth-order valence-electron chi connectivity index (χ4n) is 3.65. The summed E-state index contributed by atoms with van der Waals surface area (Å²) >= 11 is 0. The summed E-state index contributed by atoms with van der Waals surface area (Å²) < 4.78 is 5.82. The zero-order chi connectivity index (χ0) is 18.0. The fraction of sp³-hybridized carbons (Fsp3) is 0.474. The molecular formula is C19H23N3O3. The highest BCUT2D eigenvalue weighted by molar-refractivity contribution is 6.23. The van der Waals surface area contributed by atoms with E-state index in [0.29, 0.717) is 37.3 Å². The third-order valence-corrected chi connectivity index (χ3v) is 5.02. The average molecular weight is 341 g/mol. The van der Waals surface area contributed by atoms with Crippen LogP contribution >= 0.6 is 0 Å². The molecule has 6 heteroatoms. The lowest BCUT2D eigenvalue weighted by Gasteiger charge is -2.39. The van der Waals surface area contributed by atoms with E-state index in [1.807, 2.05) is 43.2 Å². The monoisotopic (exact) mass is 341 g/mol. The number of amides is 1. The van der Waals surface area contributed by atoms with Crippen LogP contribution in [0, 0.1) is 25.2 Å². The smallest absolute Gasteiger partial charge is 0.256 e. The van der Waals surface area contributed by atoms with Crippen molar-refractivity contribution in [2.45, 2.75) is 32.2 Å². The molecule has 1 spiro atoms. The Labute approximate surface area is 148 Å². The minimum absolute atomic E-state index is 0.0750. The molecule has 0 atom stereocenters. The first-order valence-corrected chi connectivity index (χ1v) is 8.44. The molecule has 132 valence electrons. The van der Waals surface area contributed by atoms with Gasteiger partial charge in [-0.3, -0.25) is 4.79 Å². The van der Waals surface area contributed by atoms with Crippen molar-refractivity contribution in [1.29, 1.82) is 5.26 Å². The van der Waals surface area contributed by atoms with Crippen molar-refractivity contribution in [3.63, 3.8) is 0 Å². The van der Waals surface area contributed by atoms with Crippen molar-refractivity contribution >= 4 is 11.5 Å². The maximum absolute atomic E-state index is 12.9. The van der Waals surface area contributed by atoms with Gasteiger partial charge in [-0.15, -0.1) is 0 Å². The number of nitrogens with zero attached hydrogens (tertiary/aromatic N) is 2. The zero-order valence-electron chi connectivity index (χ0n) is 14.9. The van der Waals surface area contributed by atoms with Crippen LogP contribution in [0.3, 0.4) is 0 Å². The number of hydroxylamine groups is 2. The number of piperidine rings is 1. The summed E-state index contributed by atoms with van der Waals surface area (Å²) in [6.45, 7) is 5.29. The molecule has 1 amide bonds. The number of rotatable bonds is 4. The van der Waals surface area contributed by atoms with Crippen LogP contribution in [0.5, 0.6) is 0 Å². The van der Waals surface area contributed by atoms with Crippen molar-refractivity contribution in [2.75, 3.05) is 26.8 Å². The minimum atomic E-state index is -0.561. The minimum Gasteiger partial charge on any atom is -0.480 e. The van der Waals surface area contributed by atoms with Crippen molar-refractivity contribution in [2.24, 2.45) is 0 Å². The molecule has 3 rings (SSSR count). The summed E-state index contributed by atoms with van der Waals surface area (Å²) in [7, 11) is 1.65. The number of carbonyl (C=O) groups excluding carboxylic acids is 1. The number of carbonyl (C=O) groups is 1. The first kappa shape index (κ1) is 17.5. The Kier molecular flexibility index (Phi) is 4.80. The van der Waals surface area contributed by atoms with E-state index in [4.69, 9.17) is 14.8 Å². The second-order valence-electron chi connectivity index (χ2n) is 6.62. The van der Waals surface area contributed by atoms with Gasteiger partial charge in [0.2, 0.25) is 0 Å². The quantitative estimate of drug-likeness (QED) is 0.907. The second kappa shape index (κ2) is 6.87. The molecule has 25 heavy (non-hydrogen) atoms. The first-order chi connectivity index (χ1) is 12.0. The molecule has 0 bridgehead atoms. The molecule has 1 aromatic carbocycles. The van der Waals surface area contributed by atoms with Crippen LogP contribution in [0.1, 0.15) is 29.5 Å². The van der Waals surface area contributed by atoms with Gasteiger partial charge >= 0.3 is 0 Å².